The first kappa shape index (κ1) is 28.5. The lowest BCUT2D eigenvalue weighted by Crippen LogP contribution is -2.35. The van der Waals surface area contributed by atoms with Crippen molar-refractivity contribution in [2.24, 2.45) is 0 Å². The van der Waals surface area contributed by atoms with Gasteiger partial charge in [0.1, 0.15) is 28.5 Å². The summed E-state index contributed by atoms with van der Waals surface area (Å²) in [6.07, 6.45) is 2.15. The number of halogens is 1. The SMILES string of the molecule is COc1cccc(OC)c1-n1c(NS(=O)(=O)[C@@H](C)[C@@H](OC(C)C)c2ncc(Cl)cn2)nnc1C1CCC(=O)N1. The number of methoxy groups -OCH3 is 2. The average Bonchev–Trinajstić information content (AvgIpc) is 3.52. The molecule has 2 N–H and O–H groups in total. The van der Waals surface area contributed by atoms with Crippen molar-refractivity contribution in [3.63, 3.8) is 0 Å². The molecule has 1 saturated heterocycles. The predicted octanol–water partition coefficient (Wildman–Crippen LogP) is 2.98. The Balaban J connectivity index is 1.79. The minimum Gasteiger partial charge on any atom is -0.494 e. The number of sulfonamides is 1. The molecule has 13 nitrogen and oxygen atoms in total. The van der Waals surface area contributed by atoms with Crippen molar-refractivity contribution in [1.29, 1.82) is 0 Å². The zero-order valence-corrected chi connectivity index (χ0v) is 23.7. The third-order valence-electron chi connectivity index (χ3n) is 6.08. The Bertz CT molecular complexity index is 1410. The van der Waals surface area contributed by atoms with Crippen LogP contribution in [-0.2, 0) is 19.6 Å². The lowest BCUT2D eigenvalue weighted by atomic mass is 10.2. The molecule has 39 heavy (non-hydrogen) atoms. The van der Waals surface area contributed by atoms with Gasteiger partial charge in [-0.2, -0.15) is 0 Å². The van der Waals surface area contributed by atoms with Gasteiger partial charge in [0.15, 0.2) is 11.6 Å². The Morgan fingerprint density at radius 2 is 1.74 bits per heavy atom. The zero-order chi connectivity index (χ0) is 28.3. The largest absolute Gasteiger partial charge is 0.494 e. The van der Waals surface area contributed by atoms with Gasteiger partial charge in [0.2, 0.25) is 21.9 Å². The van der Waals surface area contributed by atoms with Crippen LogP contribution in [-0.4, -0.2) is 64.6 Å². The highest BCUT2D eigenvalue weighted by Crippen LogP contribution is 2.38. The Labute approximate surface area is 231 Å². The number of amides is 1. The smallest absolute Gasteiger partial charge is 0.243 e. The molecule has 0 aliphatic carbocycles. The number of nitrogens with zero attached hydrogens (tertiary/aromatic N) is 5. The maximum Gasteiger partial charge on any atom is 0.243 e. The molecule has 1 aromatic carbocycles. The Morgan fingerprint density at radius 3 is 2.28 bits per heavy atom. The van der Waals surface area contributed by atoms with Crippen LogP contribution in [0.1, 0.15) is 57.4 Å². The average molecular weight is 580 g/mol. The highest BCUT2D eigenvalue weighted by Gasteiger charge is 2.37. The summed E-state index contributed by atoms with van der Waals surface area (Å²) >= 11 is 5.93. The van der Waals surface area contributed by atoms with Gasteiger partial charge in [-0.3, -0.25) is 14.1 Å². The third-order valence-corrected chi connectivity index (χ3v) is 7.97. The van der Waals surface area contributed by atoms with E-state index in [1.54, 1.807) is 32.0 Å². The normalized spacial score (nSPS) is 17.1. The summed E-state index contributed by atoms with van der Waals surface area (Å²) in [5.74, 6) is 0.959. The van der Waals surface area contributed by atoms with Crippen LogP contribution in [0.3, 0.4) is 0 Å². The molecule has 1 aliphatic rings. The van der Waals surface area contributed by atoms with E-state index in [1.165, 1.54) is 38.1 Å². The second-order valence-electron chi connectivity index (χ2n) is 9.10. The molecule has 210 valence electrons. The van der Waals surface area contributed by atoms with Crippen molar-refractivity contribution in [3.8, 4) is 17.2 Å². The molecule has 0 saturated carbocycles. The summed E-state index contributed by atoms with van der Waals surface area (Å²) in [5, 5.41) is 10.4. The first-order valence-corrected chi connectivity index (χ1v) is 14.1. The first-order chi connectivity index (χ1) is 18.6. The minimum atomic E-state index is -4.19. The maximum absolute atomic E-state index is 13.8. The van der Waals surface area contributed by atoms with Crippen molar-refractivity contribution in [1.82, 2.24) is 30.0 Å². The summed E-state index contributed by atoms with van der Waals surface area (Å²) < 4.78 is 48.6. The quantitative estimate of drug-likeness (QED) is 0.345. The molecule has 0 radical (unpaired) electrons. The Morgan fingerprint density at radius 1 is 1.10 bits per heavy atom. The summed E-state index contributed by atoms with van der Waals surface area (Å²) in [4.78, 5) is 20.4. The fourth-order valence-electron chi connectivity index (χ4n) is 4.20. The Kier molecular flexibility index (Phi) is 8.57. The van der Waals surface area contributed by atoms with E-state index in [9.17, 15) is 13.2 Å². The summed E-state index contributed by atoms with van der Waals surface area (Å²) in [6.45, 7) is 5.04. The van der Waals surface area contributed by atoms with E-state index in [-0.39, 0.29) is 23.8 Å². The van der Waals surface area contributed by atoms with Crippen molar-refractivity contribution in [3.05, 3.63) is 47.3 Å². The van der Waals surface area contributed by atoms with E-state index in [0.717, 1.165) is 0 Å². The number of anilines is 1. The molecule has 1 fully saturated rings. The van der Waals surface area contributed by atoms with Crippen LogP contribution in [0, 0.1) is 0 Å². The van der Waals surface area contributed by atoms with E-state index in [0.29, 0.717) is 40.9 Å². The van der Waals surface area contributed by atoms with Crippen molar-refractivity contribution in [2.75, 3.05) is 18.9 Å². The van der Waals surface area contributed by atoms with Crippen LogP contribution in [0.25, 0.3) is 5.69 Å². The van der Waals surface area contributed by atoms with Gasteiger partial charge < -0.3 is 19.5 Å². The Hall–Kier alpha value is -3.49. The van der Waals surface area contributed by atoms with Gasteiger partial charge in [0.05, 0.1) is 31.4 Å². The molecular weight excluding hydrogens is 550 g/mol. The van der Waals surface area contributed by atoms with Crippen LogP contribution in [0.4, 0.5) is 5.95 Å². The van der Waals surface area contributed by atoms with E-state index in [2.05, 4.69) is 30.2 Å². The molecule has 1 unspecified atom stereocenters. The van der Waals surface area contributed by atoms with Crippen molar-refractivity contribution < 1.29 is 27.4 Å². The molecule has 3 atom stereocenters. The minimum absolute atomic E-state index is 0.124. The number of ether oxygens (including phenoxy) is 3. The van der Waals surface area contributed by atoms with Gasteiger partial charge in [-0.15, -0.1) is 10.2 Å². The molecule has 0 spiro atoms. The fourth-order valence-corrected chi connectivity index (χ4v) is 5.38. The molecule has 4 rings (SSSR count). The third kappa shape index (κ3) is 6.07. The van der Waals surface area contributed by atoms with E-state index < -0.39 is 27.4 Å². The number of carbonyl (C=O) groups is 1. The van der Waals surface area contributed by atoms with Gasteiger partial charge in [-0.25, -0.2) is 18.4 Å². The predicted molar refractivity (Wildman–Crippen MR) is 143 cm³/mol. The van der Waals surface area contributed by atoms with Gasteiger partial charge in [-0.05, 0) is 39.3 Å². The lowest BCUT2D eigenvalue weighted by Gasteiger charge is -2.25. The molecule has 1 aliphatic heterocycles. The van der Waals surface area contributed by atoms with E-state index in [4.69, 9.17) is 25.8 Å². The van der Waals surface area contributed by atoms with Crippen molar-refractivity contribution in [2.45, 2.75) is 57.1 Å². The van der Waals surface area contributed by atoms with E-state index in [1.807, 2.05) is 0 Å². The second kappa shape index (κ2) is 11.7. The molecule has 0 bridgehead atoms. The van der Waals surface area contributed by atoms with E-state index >= 15 is 0 Å². The number of benzene rings is 1. The van der Waals surface area contributed by atoms with Crippen molar-refractivity contribution >= 4 is 33.5 Å². The number of hydrogen-bond donors (Lipinski definition) is 2. The summed E-state index contributed by atoms with van der Waals surface area (Å²) in [6, 6.07) is 4.61. The van der Waals surface area contributed by atoms with Crippen LogP contribution < -0.4 is 19.5 Å². The number of hydrogen-bond acceptors (Lipinski definition) is 10. The highest BCUT2D eigenvalue weighted by atomic mass is 35.5. The molecule has 1 amide bonds. The summed E-state index contributed by atoms with van der Waals surface area (Å²) in [5.41, 5.74) is 0.366. The molecule has 3 aromatic rings. The van der Waals surface area contributed by atoms with Crippen LogP contribution in [0.2, 0.25) is 5.02 Å². The standard InChI is InChI=1S/C24H30ClN7O6S/c1-13(2)38-21(22-26-11-15(25)12-27-22)14(3)39(34,35)31-24-30-29-23(16-9-10-19(33)28-16)32(24)20-17(36-4)7-6-8-18(20)37-5/h6-8,11-14,16,21H,9-10H2,1-5H3,(H,28,33)(H,30,31)/t14-,16?,21+/m0/s1. The van der Waals surface area contributed by atoms with Gasteiger partial charge >= 0.3 is 0 Å². The molecular formula is C24H30ClN7O6S. The maximum atomic E-state index is 13.8. The van der Waals surface area contributed by atoms with Crippen LogP contribution in [0.15, 0.2) is 30.6 Å². The number of nitrogens with one attached hydrogen (secondary N) is 2. The zero-order valence-electron chi connectivity index (χ0n) is 22.1. The topological polar surface area (TPSA) is 159 Å². The summed E-state index contributed by atoms with van der Waals surface area (Å²) in [7, 11) is -1.23. The number of carbonyl (C=O) groups excluding carboxylic acids is 1. The highest BCUT2D eigenvalue weighted by molar-refractivity contribution is 7.93. The van der Waals surface area contributed by atoms with Crippen LogP contribution >= 0.6 is 11.6 Å². The van der Waals surface area contributed by atoms with Gasteiger partial charge in [0.25, 0.3) is 0 Å². The fraction of sp³-hybridized carbons (Fsp3) is 0.458. The number of aromatic nitrogens is 5. The molecule has 15 heteroatoms. The molecule has 3 heterocycles. The van der Waals surface area contributed by atoms with Crippen LogP contribution in [0.5, 0.6) is 11.5 Å². The van der Waals surface area contributed by atoms with Gasteiger partial charge in [0, 0.05) is 18.8 Å². The first-order valence-electron chi connectivity index (χ1n) is 12.2. The monoisotopic (exact) mass is 579 g/mol. The number of para-hydroxylation sites is 1. The number of rotatable bonds is 11. The second-order valence-corrected chi connectivity index (χ2v) is 11.6. The lowest BCUT2D eigenvalue weighted by molar-refractivity contribution is -0.119. The molecule has 2 aromatic heterocycles. The van der Waals surface area contributed by atoms with Gasteiger partial charge in [-0.1, -0.05) is 17.7 Å².